The van der Waals surface area contributed by atoms with Crippen molar-refractivity contribution in [2.45, 2.75) is 6.92 Å². The van der Waals surface area contributed by atoms with Crippen LogP contribution in [0.15, 0.2) is 12.1 Å². The summed E-state index contributed by atoms with van der Waals surface area (Å²) < 4.78 is 15.4. The Morgan fingerprint density at radius 2 is 1.96 bits per heavy atom. The van der Waals surface area contributed by atoms with E-state index in [2.05, 4.69) is 14.7 Å². The molecule has 136 valence electrons. The van der Waals surface area contributed by atoms with Crippen molar-refractivity contribution < 1.29 is 19.0 Å². The van der Waals surface area contributed by atoms with Gasteiger partial charge in [-0.3, -0.25) is 0 Å². The van der Waals surface area contributed by atoms with Gasteiger partial charge in [0.15, 0.2) is 18.1 Å². The van der Waals surface area contributed by atoms with Crippen LogP contribution in [0.25, 0.3) is 11.3 Å². The van der Waals surface area contributed by atoms with E-state index in [-0.39, 0.29) is 40.4 Å². The summed E-state index contributed by atoms with van der Waals surface area (Å²) in [5.41, 5.74) is 11.9. The van der Waals surface area contributed by atoms with Gasteiger partial charge in [0.05, 0.1) is 24.4 Å². The molecule has 0 bridgehead atoms. The smallest absolute Gasteiger partial charge is 0.343 e. The van der Waals surface area contributed by atoms with Crippen LogP contribution in [0.3, 0.4) is 0 Å². The third kappa shape index (κ3) is 4.04. The topological polar surface area (TPSA) is 146 Å². The van der Waals surface area contributed by atoms with Gasteiger partial charge in [-0.25, -0.2) is 9.78 Å². The predicted octanol–water partition coefficient (Wildman–Crippen LogP) is 1.78. The molecule has 0 atom stereocenters. The molecule has 1 heterocycles. The molecule has 2 aromatic rings. The van der Waals surface area contributed by atoms with E-state index in [1.165, 1.54) is 19.2 Å². The lowest BCUT2D eigenvalue weighted by molar-refractivity contribution is -0.142. The first-order valence-electron chi connectivity index (χ1n) is 7.40. The highest BCUT2D eigenvalue weighted by molar-refractivity contribution is 6.33. The zero-order valence-corrected chi connectivity index (χ0v) is 14.8. The fourth-order valence-electron chi connectivity index (χ4n) is 2.09. The number of carbonyl (C=O) groups is 1. The van der Waals surface area contributed by atoms with E-state index < -0.39 is 5.97 Å². The minimum absolute atomic E-state index is 0.0341. The monoisotopic (exact) mass is 377 g/mol. The average molecular weight is 378 g/mol. The lowest BCUT2D eigenvalue weighted by atomic mass is 10.1. The molecule has 4 N–H and O–H groups in total. The normalized spacial score (nSPS) is 10.1. The number of nitrogens with zero attached hydrogens (tertiary/aromatic N) is 3. The number of carbonyl (C=O) groups excluding carboxylic acids is 1. The van der Waals surface area contributed by atoms with Gasteiger partial charge in [0.25, 0.3) is 0 Å². The van der Waals surface area contributed by atoms with Gasteiger partial charge in [0, 0.05) is 11.6 Å². The van der Waals surface area contributed by atoms with Crippen LogP contribution in [0.4, 0.5) is 11.8 Å². The minimum atomic E-state index is -0.559. The van der Waals surface area contributed by atoms with E-state index in [0.29, 0.717) is 17.9 Å². The van der Waals surface area contributed by atoms with Crippen LogP contribution in [-0.4, -0.2) is 36.3 Å². The van der Waals surface area contributed by atoms with E-state index in [0.717, 1.165) is 0 Å². The van der Waals surface area contributed by atoms with Gasteiger partial charge in [-0.1, -0.05) is 11.6 Å². The van der Waals surface area contributed by atoms with Crippen LogP contribution in [0.1, 0.15) is 12.5 Å². The maximum atomic E-state index is 11.3. The Morgan fingerprint density at radius 1 is 1.27 bits per heavy atom. The molecule has 1 aromatic carbocycles. The second-order valence-corrected chi connectivity index (χ2v) is 5.29. The van der Waals surface area contributed by atoms with Gasteiger partial charge >= 0.3 is 5.97 Å². The number of rotatable bonds is 6. The summed E-state index contributed by atoms with van der Waals surface area (Å²) in [5.74, 6) is -0.183. The fourth-order valence-corrected chi connectivity index (χ4v) is 2.34. The van der Waals surface area contributed by atoms with E-state index in [1.54, 1.807) is 6.92 Å². The first-order chi connectivity index (χ1) is 12.4. The summed E-state index contributed by atoms with van der Waals surface area (Å²) in [7, 11) is 1.25. The number of ether oxygens (including phenoxy) is 3. The Balaban J connectivity index is 2.57. The summed E-state index contributed by atoms with van der Waals surface area (Å²) in [4.78, 5) is 19.1. The van der Waals surface area contributed by atoms with Gasteiger partial charge in [-0.15, -0.1) is 0 Å². The predicted molar refractivity (Wildman–Crippen MR) is 94.7 cm³/mol. The summed E-state index contributed by atoms with van der Waals surface area (Å²) in [6.45, 7) is 1.79. The van der Waals surface area contributed by atoms with Gasteiger partial charge in [-0.2, -0.15) is 10.2 Å². The van der Waals surface area contributed by atoms with Crippen LogP contribution in [-0.2, 0) is 9.53 Å². The third-order valence-corrected chi connectivity index (χ3v) is 3.54. The molecular weight excluding hydrogens is 362 g/mol. The number of nitrogen functional groups attached to an aromatic ring is 2. The molecule has 1 aromatic heterocycles. The maximum absolute atomic E-state index is 11.3. The first kappa shape index (κ1) is 19.1. The number of halogens is 1. The fraction of sp³-hybridized carbons (Fsp3) is 0.250. The zero-order valence-electron chi connectivity index (χ0n) is 14.1. The van der Waals surface area contributed by atoms with Gasteiger partial charge in [-0.05, 0) is 13.0 Å². The molecule has 2 rings (SSSR count). The average Bonchev–Trinajstić information content (AvgIpc) is 2.60. The molecule has 0 unspecified atom stereocenters. The molecule has 26 heavy (non-hydrogen) atoms. The van der Waals surface area contributed by atoms with Gasteiger partial charge in [0.2, 0.25) is 5.95 Å². The van der Waals surface area contributed by atoms with E-state index >= 15 is 0 Å². The highest BCUT2D eigenvalue weighted by Crippen LogP contribution is 2.39. The SMILES string of the molecule is CCOc1cc(-c2nc(N)nc(N)c2C#N)c(Cl)cc1OCC(=O)OC. The van der Waals surface area contributed by atoms with Gasteiger partial charge < -0.3 is 25.7 Å². The molecule has 0 fully saturated rings. The first-order valence-corrected chi connectivity index (χ1v) is 7.78. The van der Waals surface area contributed by atoms with E-state index in [9.17, 15) is 10.1 Å². The molecule has 0 spiro atoms. The summed E-state index contributed by atoms with van der Waals surface area (Å²) in [6.07, 6.45) is 0. The van der Waals surface area contributed by atoms with Crippen molar-refractivity contribution in [3.05, 3.63) is 22.7 Å². The summed E-state index contributed by atoms with van der Waals surface area (Å²) >= 11 is 6.32. The second-order valence-electron chi connectivity index (χ2n) is 4.88. The Hall–Kier alpha value is -3.25. The highest BCUT2D eigenvalue weighted by atomic mass is 35.5. The number of methoxy groups -OCH3 is 1. The van der Waals surface area contributed by atoms with Crippen molar-refractivity contribution in [2.24, 2.45) is 0 Å². The molecule has 10 heteroatoms. The number of hydrogen-bond donors (Lipinski definition) is 2. The third-order valence-electron chi connectivity index (χ3n) is 3.23. The number of nitriles is 1. The minimum Gasteiger partial charge on any atom is -0.490 e. The van der Waals surface area contributed by atoms with Crippen molar-refractivity contribution >= 4 is 29.3 Å². The van der Waals surface area contributed by atoms with Crippen LogP contribution in [0.5, 0.6) is 11.5 Å². The number of nitrogens with two attached hydrogens (primary N) is 2. The van der Waals surface area contributed by atoms with E-state index in [1.807, 2.05) is 6.07 Å². The number of esters is 1. The summed E-state index contributed by atoms with van der Waals surface area (Å²) in [5, 5.41) is 9.54. The van der Waals surface area contributed by atoms with Crippen molar-refractivity contribution in [1.29, 1.82) is 5.26 Å². The van der Waals surface area contributed by atoms with E-state index in [4.69, 9.17) is 32.5 Å². The van der Waals surface area contributed by atoms with Gasteiger partial charge in [0.1, 0.15) is 17.5 Å². The van der Waals surface area contributed by atoms with Crippen LogP contribution < -0.4 is 20.9 Å². The lowest BCUT2D eigenvalue weighted by Gasteiger charge is -2.15. The quantitative estimate of drug-likeness (QED) is 0.718. The molecule has 0 radical (unpaired) electrons. The highest BCUT2D eigenvalue weighted by Gasteiger charge is 2.19. The second kappa shape index (κ2) is 8.22. The van der Waals surface area contributed by atoms with Crippen molar-refractivity contribution in [3.8, 4) is 28.8 Å². The largest absolute Gasteiger partial charge is 0.490 e. The van der Waals surface area contributed by atoms with Crippen LogP contribution in [0, 0.1) is 11.3 Å². The maximum Gasteiger partial charge on any atom is 0.343 e. The number of anilines is 2. The Bertz CT molecular complexity index is 882. The number of aromatic nitrogens is 2. The molecule has 0 amide bonds. The van der Waals surface area contributed by atoms with Crippen molar-refractivity contribution in [3.63, 3.8) is 0 Å². The number of benzene rings is 1. The molecule has 0 saturated carbocycles. The Labute approximate surface area is 154 Å². The molecule has 0 saturated heterocycles. The van der Waals surface area contributed by atoms with Crippen LogP contribution in [0.2, 0.25) is 5.02 Å². The molecule has 9 nitrogen and oxygen atoms in total. The zero-order chi connectivity index (χ0) is 19.3. The molecule has 0 aliphatic heterocycles. The Kier molecular flexibility index (Phi) is 6.03. The van der Waals surface area contributed by atoms with Crippen molar-refractivity contribution in [2.75, 3.05) is 31.8 Å². The summed E-state index contributed by atoms with van der Waals surface area (Å²) in [6, 6.07) is 4.91. The molecular formula is C16H16ClN5O4. The standard InChI is InChI=1S/C16H16ClN5O4/c1-3-25-11-4-8(10(17)5-12(11)26-7-13(23)24-2)14-9(6-18)15(19)22-16(20)21-14/h4-5H,3,7H2,1-2H3,(H4,19,20,21,22). The Morgan fingerprint density at radius 3 is 2.58 bits per heavy atom. The molecule has 0 aliphatic rings. The van der Waals surface area contributed by atoms with Crippen LogP contribution >= 0.6 is 11.6 Å². The molecule has 0 aliphatic carbocycles. The van der Waals surface area contributed by atoms with Crippen molar-refractivity contribution in [1.82, 2.24) is 9.97 Å². The number of hydrogen-bond acceptors (Lipinski definition) is 9. The lowest BCUT2D eigenvalue weighted by Crippen LogP contribution is -2.13.